The molecule has 0 unspecified atom stereocenters. The Hall–Kier alpha value is -1.64. The second kappa shape index (κ2) is 6.93. The van der Waals surface area contributed by atoms with Crippen molar-refractivity contribution in [3.8, 4) is 0 Å². The summed E-state index contributed by atoms with van der Waals surface area (Å²) in [6.07, 6.45) is -8.91. The minimum atomic E-state index is -8.28. The second-order valence-electron chi connectivity index (χ2n) is 6.44. The maximum absolute atomic E-state index is 14.0. The van der Waals surface area contributed by atoms with Gasteiger partial charge < -0.3 is 0 Å². The van der Waals surface area contributed by atoms with Gasteiger partial charge in [-0.3, -0.25) is 4.99 Å². The molecule has 0 amide bonds. The van der Waals surface area contributed by atoms with E-state index in [1.54, 1.807) is 0 Å². The number of alkyl halides is 15. The van der Waals surface area contributed by atoms with Crippen molar-refractivity contribution in [2.24, 2.45) is 4.99 Å². The lowest BCUT2D eigenvalue weighted by atomic mass is 9.87. The molecule has 1 nitrogen and oxygen atoms in total. The van der Waals surface area contributed by atoms with E-state index < -0.39 is 60.4 Å². The number of aliphatic imine (C=N–C) groups is 1. The monoisotopic (exact) mass is 477 g/mol. The standard InChI is InChI=1S/C14H10F15N/c1-5-3-7(30-4-6(5)2)8(15,16)9(17,18)10(19,20)11(21,22)12(23,24)13(25,26)14(27,28)29/h3-4H2,1-2H3. The SMILES string of the molecule is CC1=C(C)CC(C(F)(F)C(F)(F)C(F)(F)C(F)(F)C(F)(F)C(F)(F)C(F)(F)F)=NC1. The van der Waals surface area contributed by atoms with E-state index in [4.69, 9.17) is 0 Å². The summed E-state index contributed by atoms with van der Waals surface area (Å²) in [6.45, 7) is 1.48. The van der Waals surface area contributed by atoms with Crippen LogP contribution in [0.15, 0.2) is 16.1 Å². The molecule has 0 spiro atoms. The van der Waals surface area contributed by atoms with Crippen LogP contribution in [0.25, 0.3) is 0 Å². The molecular formula is C14H10F15N. The number of nitrogens with zero attached hydrogens (tertiary/aromatic N) is 1. The van der Waals surface area contributed by atoms with Crippen molar-refractivity contribution in [3.05, 3.63) is 11.1 Å². The summed E-state index contributed by atoms with van der Waals surface area (Å²) in [5.74, 6) is -46.5. The Labute approximate surface area is 157 Å². The van der Waals surface area contributed by atoms with Crippen LogP contribution in [0.3, 0.4) is 0 Å². The van der Waals surface area contributed by atoms with Crippen molar-refractivity contribution < 1.29 is 65.9 Å². The first-order valence-corrected chi connectivity index (χ1v) is 7.44. The van der Waals surface area contributed by atoms with Gasteiger partial charge in [0.25, 0.3) is 0 Å². The Morgan fingerprint density at radius 2 is 0.900 bits per heavy atom. The molecule has 1 heterocycles. The summed E-state index contributed by atoms with van der Waals surface area (Å²) in [5.41, 5.74) is -2.14. The van der Waals surface area contributed by atoms with Crippen molar-refractivity contribution in [1.29, 1.82) is 0 Å². The van der Waals surface area contributed by atoms with Crippen LogP contribution in [0, 0.1) is 0 Å². The van der Waals surface area contributed by atoms with Crippen molar-refractivity contribution >= 4 is 5.71 Å². The maximum atomic E-state index is 14.0. The van der Waals surface area contributed by atoms with Gasteiger partial charge in [-0.15, -0.1) is 0 Å². The minimum absolute atomic E-state index is 0.153. The van der Waals surface area contributed by atoms with Crippen LogP contribution in [0.1, 0.15) is 20.3 Å². The van der Waals surface area contributed by atoms with E-state index in [1.165, 1.54) is 6.92 Å². The van der Waals surface area contributed by atoms with Gasteiger partial charge in [0.05, 0.1) is 12.3 Å². The van der Waals surface area contributed by atoms with Gasteiger partial charge in [-0.25, -0.2) is 0 Å². The highest BCUT2D eigenvalue weighted by Gasteiger charge is 2.93. The van der Waals surface area contributed by atoms with Crippen LogP contribution >= 0.6 is 0 Å². The van der Waals surface area contributed by atoms with Gasteiger partial charge in [-0.1, -0.05) is 11.1 Å². The molecule has 0 aromatic heterocycles. The second-order valence-corrected chi connectivity index (χ2v) is 6.44. The molecule has 0 N–H and O–H groups in total. The largest absolute Gasteiger partial charge is 0.460 e. The van der Waals surface area contributed by atoms with Gasteiger partial charge in [0.2, 0.25) is 0 Å². The first kappa shape index (κ1) is 26.4. The number of rotatable bonds is 6. The molecule has 0 aliphatic carbocycles. The van der Waals surface area contributed by atoms with Crippen molar-refractivity contribution in [1.82, 2.24) is 0 Å². The third-order valence-corrected chi connectivity index (χ3v) is 4.36. The van der Waals surface area contributed by atoms with E-state index in [-0.39, 0.29) is 11.1 Å². The zero-order chi connectivity index (χ0) is 24.4. The first-order valence-electron chi connectivity index (χ1n) is 7.44. The summed E-state index contributed by atoms with van der Waals surface area (Å²) >= 11 is 0. The summed E-state index contributed by atoms with van der Waals surface area (Å²) in [6, 6.07) is 0. The van der Waals surface area contributed by atoms with Gasteiger partial charge >= 0.3 is 41.7 Å². The Balaban J connectivity index is 3.56. The van der Waals surface area contributed by atoms with Gasteiger partial charge in [0, 0.05) is 6.42 Å². The van der Waals surface area contributed by atoms with Crippen LogP contribution in [-0.2, 0) is 0 Å². The van der Waals surface area contributed by atoms with E-state index in [0.29, 0.717) is 0 Å². The van der Waals surface area contributed by atoms with Crippen LogP contribution in [0.2, 0.25) is 0 Å². The number of halogens is 15. The number of dihydropyridines is 1. The molecule has 0 saturated carbocycles. The van der Waals surface area contributed by atoms with Crippen LogP contribution in [0.4, 0.5) is 65.9 Å². The highest BCUT2D eigenvalue weighted by molar-refractivity contribution is 5.95. The summed E-state index contributed by atoms with van der Waals surface area (Å²) in [7, 11) is 0. The van der Waals surface area contributed by atoms with E-state index in [0.717, 1.165) is 6.92 Å². The van der Waals surface area contributed by atoms with E-state index >= 15 is 0 Å². The quantitative estimate of drug-likeness (QED) is 0.304. The highest BCUT2D eigenvalue weighted by Crippen LogP contribution is 2.62. The molecule has 1 aliphatic rings. The van der Waals surface area contributed by atoms with Gasteiger partial charge in [-0.05, 0) is 13.8 Å². The first-order chi connectivity index (χ1) is 12.9. The number of hydrogen-bond acceptors (Lipinski definition) is 1. The zero-order valence-corrected chi connectivity index (χ0v) is 14.5. The average molecular weight is 477 g/mol. The molecule has 16 heteroatoms. The smallest absolute Gasteiger partial charge is 0.283 e. The third-order valence-electron chi connectivity index (χ3n) is 4.36. The molecule has 176 valence electrons. The molecule has 1 aliphatic heterocycles. The topological polar surface area (TPSA) is 12.4 Å². The molecule has 0 fully saturated rings. The highest BCUT2D eigenvalue weighted by atomic mass is 19.4. The summed E-state index contributed by atoms with van der Waals surface area (Å²) < 4.78 is 197. The fourth-order valence-electron chi connectivity index (χ4n) is 2.17. The Morgan fingerprint density at radius 1 is 0.533 bits per heavy atom. The molecule has 0 saturated heterocycles. The maximum Gasteiger partial charge on any atom is 0.460 e. The zero-order valence-electron chi connectivity index (χ0n) is 14.5. The molecule has 0 aromatic carbocycles. The van der Waals surface area contributed by atoms with Gasteiger partial charge in [0.15, 0.2) is 0 Å². The Kier molecular flexibility index (Phi) is 6.10. The normalized spacial score (nSPS) is 18.6. The molecule has 0 aromatic rings. The van der Waals surface area contributed by atoms with Gasteiger partial charge in [0.1, 0.15) is 0 Å². The number of hydrogen-bond donors (Lipinski definition) is 0. The molecule has 0 radical (unpaired) electrons. The average Bonchev–Trinajstić information content (AvgIpc) is 2.55. The van der Waals surface area contributed by atoms with Crippen molar-refractivity contribution in [3.63, 3.8) is 0 Å². The fourth-order valence-corrected chi connectivity index (χ4v) is 2.17. The summed E-state index contributed by atoms with van der Waals surface area (Å²) in [5, 5.41) is 0. The Morgan fingerprint density at radius 3 is 1.27 bits per heavy atom. The minimum Gasteiger partial charge on any atom is -0.283 e. The predicted octanol–water partition coefficient (Wildman–Crippen LogP) is 6.54. The molecular weight excluding hydrogens is 467 g/mol. The number of allylic oxidation sites excluding steroid dienone is 1. The fraction of sp³-hybridized carbons (Fsp3) is 0.786. The lowest BCUT2D eigenvalue weighted by molar-refractivity contribution is -0.448. The van der Waals surface area contributed by atoms with Gasteiger partial charge in [-0.2, -0.15) is 65.9 Å². The van der Waals surface area contributed by atoms with E-state index in [9.17, 15) is 65.9 Å². The molecule has 0 bridgehead atoms. The van der Waals surface area contributed by atoms with Crippen molar-refractivity contribution in [2.45, 2.75) is 62.0 Å². The summed E-state index contributed by atoms with van der Waals surface area (Å²) in [4.78, 5) is 2.78. The van der Waals surface area contributed by atoms with E-state index in [2.05, 4.69) is 4.99 Å². The molecule has 30 heavy (non-hydrogen) atoms. The predicted molar refractivity (Wildman–Crippen MR) is 71.0 cm³/mol. The van der Waals surface area contributed by atoms with Crippen molar-refractivity contribution in [2.75, 3.05) is 6.54 Å². The lowest BCUT2D eigenvalue weighted by Crippen LogP contribution is -2.73. The van der Waals surface area contributed by atoms with Crippen LogP contribution in [0.5, 0.6) is 0 Å². The lowest BCUT2D eigenvalue weighted by Gasteiger charge is -2.41. The van der Waals surface area contributed by atoms with Crippen LogP contribution in [-0.4, -0.2) is 54.0 Å². The third kappa shape index (κ3) is 3.33. The molecule has 1 rings (SSSR count). The molecule has 0 atom stereocenters. The Bertz CT molecular complexity index is 741. The van der Waals surface area contributed by atoms with Crippen LogP contribution < -0.4 is 0 Å². The van der Waals surface area contributed by atoms with E-state index in [1.807, 2.05) is 0 Å².